The normalized spacial score (nSPS) is 22.1. The maximum Gasteiger partial charge on any atom is 0.238 e. The second kappa shape index (κ2) is 10.3. The van der Waals surface area contributed by atoms with Crippen LogP contribution in [-0.2, 0) is 32.5 Å². The molecule has 0 aliphatic carbocycles. The van der Waals surface area contributed by atoms with Crippen molar-refractivity contribution in [3.63, 3.8) is 0 Å². The molecule has 3 aromatic heterocycles. The van der Waals surface area contributed by atoms with Crippen molar-refractivity contribution < 1.29 is 22.6 Å². The molecule has 37 heavy (non-hydrogen) atoms. The van der Waals surface area contributed by atoms with Gasteiger partial charge in [0.1, 0.15) is 23.9 Å². The Morgan fingerprint density at radius 2 is 2.03 bits per heavy atom. The first-order valence-corrected chi connectivity index (χ1v) is 14.2. The van der Waals surface area contributed by atoms with Crippen molar-refractivity contribution in [2.24, 2.45) is 5.92 Å². The second-order valence-electron chi connectivity index (χ2n) is 9.74. The Labute approximate surface area is 216 Å². The molecule has 0 radical (unpaired) electrons. The highest BCUT2D eigenvalue weighted by Crippen LogP contribution is 2.34. The minimum absolute atomic E-state index is 0.168. The average Bonchev–Trinajstić information content (AvgIpc) is 3.34. The fourth-order valence-corrected chi connectivity index (χ4v) is 5.73. The highest BCUT2D eigenvalue weighted by molar-refractivity contribution is 7.92. The van der Waals surface area contributed by atoms with Gasteiger partial charge < -0.3 is 19.5 Å². The maximum atomic E-state index is 11.9. The average molecular weight is 532 g/mol. The number of rotatable bonds is 7. The Morgan fingerprint density at radius 1 is 1.24 bits per heavy atom. The van der Waals surface area contributed by atoms with E-state index in [-0.39, 0.29) is 23.8 Å². The number of ether oxygens (including phenoxy) is 3. The van der Waals surface area contributed by atoms with Gasteiger partial charge in [-0.15, -0.1) is 0 Å². The van der Waals surface area contributed by atoms with E-state index in [1.54, 1.807) is 16.9 Å². The molecule has 0 amide bonds. The van der Waals surface area contributed by atoms with E-state index < -0.39 is 10.0 Å². The molecule has 0 spiro atoms. The van der Waals surface area contributed by atoms with Crippen molar-refractivity contribution in [1.82, 2.24) is 24.5 Å². The molecule has 3 atom stereocenters. The van der Waals surface area contributed by atoms with Gasteiger partial charge in [-0.25, -0.2) is 18.1 Å². The zero-order chi connectivity index (χ0) is 26.2. The van der Waals surface area contributed by atoms with Gasteiger partial charge in [-0.3, -0.25) is 9.40 Å². The van der Waals surface area contributed by atoms with Crippen LogP contribution in [0.2, 0.25) is 0 Å². The Bertz CT molecular complexity index is 1360. The predicted octanol–water partition coefficient (Wildman–Crippen LogP) is 2.66. The van der Waals surface area contributed by atoms with Crippen molar-refractivity contribution in [1.29, 1.82) is 0 Å². The van der Waals surface area contributed by atoms with Crippen LogP contribution in [0.15, 0.2) is 24.7 Å². The summed E-state index contributed by atoms with van der Waals surface area (Å²) in [5.41, 5.74) is 3.50. The minimum atomic E-state index is -3.54. The number of nitrogens with one attached hydrogen (secondary N) is 2. The van der Waals surface area contributed by atoms with Gasteiger partial charge in [-0.05, 0) is 38.7 Å². The lowest BCUT2D eigenvalue weighted by Crippen LogP contribution is -2.31. The number of pyridine rings is 1. The van der Waals surface area contributed by atoms with Gasteiger partial charge in [0, 0.05) is 30.3 Å². The molecule has 5 heterocycles. The smallest absolute Gasteiger partial charge is 0.238 e. The summed E-state index contributed by atoms with van der Waals surface area (Å²) >= 11 is 0. The Kier molecular flexibility index (Phi) is 7.10. The molecule has 1 saturated heterocycles. The SMILES string of the molecule is COc1ncc(-n2nc(-c3cnn(CC4C[C@@H](C)O[C@@H](C)C4)c3)c3c2NCOCC3)cc1NS(C)(=O)=O. The van der Waals surface area contributed by atoms with E-state index in [1.165, 1.54) is 7.11 Å². The van der Waals surface area contributed by atoms with E-state index in [9.17, 15) is 8.42 Å². The van der Waals surface area contributed by atoms with E-state index >= 15 is 0 Å². The summed E-state index contributed by atoms with van der Waals surface area (Å²) in [7, 11) is -2.10. The molecule has 0 bridgehead atoms. The molecule has 5 rings (SSSR count). The van der Waals surface area contributed by atoms with Crippen LogP contribution in [-0.4, -0.2) is 71.9 Å². The highest BCUT2D eigenvalue weighted by atomic mass is 32.2. The molecule has 2 aliphatic heterocycles. The molecule has 0 saturated carbocycles. The van der Waals surface area contributed by atoms with Crippen LogP contribution in [0, 0.1) is 5.92 Å². The van der Waals surface area contributed by atoms with Gasteiger partial charge in [0.2, 0.25) is 15.9 Å². The first kappa shape index (κ1) is 25.5. The van der Waals surface area contributed by atoms with Crippen LogP contribution in [0.5, 0.6) is 5.88 Å². The van der Waals surface area contributed by atoms with Crippen LogP contribution in [0.25, 0.3) is 16.9 Å². The molecule has 1 fully saturated rings. The number of aromatic nitrogens is 5. The molecule has 1 unspecified atom stereocenters. The predicted molar refractivity (Wildman–Crippen MR) is 138 cm³/mol. The molecule has 0 aromatic carbocycles. The van der Waals surface area contributed by atoms with E-state index in [0.29, 0.717) is 31.4 Å². The van der Waals surface area contributed by atoms with E-state index in [1.807, 2.05) is 17.1 Å². The minimum Gasteiger partial charge on any atom is -0.479 e. The molecule has 12 nitrogen and oxygen atoms in total. The summed E-state index contributed by atoms with van der Waals surface area (Å²) in [6.07, 6.45) is 9.74. The summed E-state index contributed by atoms with van der Waals surface area (Å²) in [5.74, 6) is 1.44. The van der Waals surface area contributed by atoms with Gasteiger partial charge in [0.05, 0.1) is 50.3 Å². The van der Waals surface area contributed by atoms with Crippen LogP contribution < -0.4 is 14.8 Å². The number of fused-ring (bicyclic) bond motifs is 1. The zero-order valence-corrected chi connectivity index (χ0v) is 22.3. The Morgan fingerprint density at radius 3 is 2.76 bits per heavy atom. The lowest BCUT2D eigenvalue weighted by atomic mass is 9.92. The van der Waals surface area contributed by atoms with Gasteiger partial charge >= 0.3 is 0 Å². The summed E-state index contributed by atoms with van der Waals surface area (Å²) in [6.45, 7) is 5.95. The molecule has 2 N–H and O–H groups in total. The third kappa shape index (κ3) is 5.73. The Balaban J connectivity index is 1.50. The molecule has 3 aromatic rings. The molecular weight excluding hydrogens is 498 g/mol. The van der Waals surface area contributed by atoms with Crippen molar-refractivity contribution in [3.8, 4) is 22.8 Å². The number of anilines is 2. The second-order valence-corrected chi connectivity index (χ2v) is 11.5. The van der Waals surface area contributed by atoms with Crippen LogP contribution >= 0.6 is 0 Å². The van der Waals surface area contributed by atoms with Crippen molar-refractivity contribution >= 4 is 21.5 Å². The molecule has 13 heteroatoms. The lowest BCUT2D eigenvalue weighted by Gasteiger charge is -2.31. The van der Waals surface area contributed by atoms with Crippen LogP contribution in [0.3, 0.4) is 0 Å². The number of hydrogen-bond donors (Lipinski definition) is 2. The first-order chi connectivity index (χ1) is 17.7. The fourth-order valence-electron chi connectivity index (χ4n) is 5.19. The standard InChI is InChI=1S/C24H33N7O5S/c1-15-7-17(8-16(2)36-15)12-30-13-18(10-27-30)22-20-5-6-35-14-26-23(20)31(28-22)19-9-21(29-37(4,32)33)24(34-3)25-11-19/h9-11,13,15-17,26,29H,5-8,12,14H2,1-4H3/t15-,16+,17?. The highest BCUT2D eigenvalue weighted by Gasteiger charge is 2.27. The number of methoxy groups -OCH3 is 1. The third-order valence-electron chi connectivity index (χ3n) is 6.54. The van der Waals surface area contributed by atoms with Crippen LogP contribution in [0.1, 0.15) is 32.3 Å². The third-order valence-corrected chi connectivity index (χ3v) is 7.13. The summed E-state index contributed by atoms with van der Waals surface area (Å²) in [4.78, 5) is 4.30. The summed E-state index contributed by atoms with van der Waals surface area (Å²) < 4.78 is 46.8. The van der Waals surface area contributed by atoms with E-state index in [0.717, 1.165) is 48.3 Å². The number of hydrogen-bond acceptors (Lipinski definition) is 9. The number of nitrogens with zero attached hydrogens (tertiary/aromatic N) is 5. The Hall–Kier alpha value is -3.16. The van der Waals surface area contributed by atoms with E-state index in [2.05, 4.69) is 34.0 Å². The maximum absolute atomic E-state index is 11.9. The van der Waals surface area contributed by atoms with Gasteiger partial charge in [-0.2, -0.15) is 10.2 Å². The topological polar surface area (TPSA) is 134 Å². The quantitative estimate of drug-likeness (QED) is 0.472. The summed E-state index contributed by atoms with van der Waals surface area (Å²) in [6, 6.07) is 1.65. The van der Waals surface area contributed by atoms with Gasteiger partial charge in [-0.1, -0.05) is 0 Å². The van der Waals surface area contributed by atoms with Gasteiger partial charge in [0.25, 0.3) is 0 Å². The monoisotopic (exact) mass is 531 g/mol. The summed E-state index contributed by atoms with van der Waals surface area (Å²) in [5, 5.41) is 12.9. The van der Waals surface area contributed by atoms with Crippen molar-refractivity contribution in [2.45, 2.75) is 51.9 Å². The molecular formula is C24H33N7O5S. The fraction of sp³-hybridized carbons (Fsp3) is 0.542. The zero-order valence-electron chi connectivity index (χ0n) is 21.5. The largest absolute Gasteiger partial charge is 0.479 e. The first-order valence-electron chi connectivity index (χ1n) is 12.3. The lowest BCUT2D eigenvalue weighted by molar-refractivity contribution is -0.0553. The molecule has 2 aliphatic rings. The number of sulfonamides is 1. The van der Waals surface area contributed by atoms with Crippen LogP contribution in [0.4, 0.5) is 11.5 Å². The van der Waals surface area contributed by atoms with Crippen molar-refractivity contribution in [3.05, 3.63) is 30.2 Å². The van der Waals surface area contributed by atoms with E-state index in [4.69, 9.17) is 19.3 Å². The van der Waals surface area contributed by atoms with Crippen molar-refractivity contribution in [2.75, 3.05) is 36.7 Å². The van der Waals surface area contributed by atoms with Gasteiger partial charge in [0.15, 0.2) is 0 Å². The molecule has 200 valence electrons.